The van der Waals surface area contributed by atoms with E-state index in [0.717, 1.165) is 16.6 Å². The van der Waals surface area contributed by atoms with Crippen molar-refractivity contribution < 1.29 is 22.3 Å². The van der Waals surface area contributed by atoms with E-state index in [-0.39, 0.29) is 11.8 Å². The lowest BCUT2D eigenvalue weighted by molar-refractivity contribution is -0.145. The van der Waals surface area contributed by atoms with Crippen molar-refractivity contribution in [1.29, 1.82) is 0 Å². The molecule has 0 heterocycles. The average molecular weight is 289 g/mol. The molecule has 0 aliphatic heterocycles. The van der Waals surface area contributed by atoms with E-state index >= 15 is 0 Å². The maximum Gasteiger partial charge on any atom is 0.327 e. The van der Waals surface area contributed by atoms with Gasteiger partial charge in [0.25, 0.3) is 0 Å². The number of nitrogens with zero attached hydrogens (tertiary/aromatic N) is 1. The Morgan fingerprint density at radius 3 is 2.53 bits per heavy atom. The Morgan fingerprint density at radius 1 is 1.42 bits per heavy atom. The Morgan fingerprint density at radius 2 is 2.05 bits per heavy atom. The summed E-state index contributed by atoms with van der Waals surface area (Å²) in [6, 6.07) is 5.02. The van der Waals surface area contributed by atoms with Crippen molar-refractivity contribution in [2.75, 3.05) is 17.1 Å². The van der Waals surface area contributed by atoms with Gasteiger partial charge in [-0.25, -0.2) is 12.8 Å². The smallest absolute Gasteiger partial charge is 0.327 e. The Bertz CT molecular complexity index is 557. The summed E-state index contributed by atoms with van der Waals surface area (Å²) in [5, 5.41) is 0. The Hall–Kier alpha value is -1.63. The van der Waals surface area contributed by atoms with E-state index in [4.69, 9.17) is 4.74 Å². The molecule has 0 spiro atoms. The highest BCUT2D eigenvalue weighted by molar-refractivity contribution is 7.92. The Labute approximate surface area is 112 Å². The lowest BCUT2D eigenvalue weighted by Crippen LogP contribution is -2.36. The molecule has 1 rings (SSSR count). The molecule has 0 aliphatic rings. The van der Waals surface area contributed by atoms with Crippen LogP contribution < -0.4 is 4.31 Å². The molecule has 0 aliphatic carbocycles. The normalized spacial score (nSPS) is 11.4. The van der Waals surface area contributed by atoms with Gasteiger partial charge in [0.15, 0.2) is 0 Å². The molecule has 0 amide bonds. The molecule has 7 heteroatoms. The molecule has 0 aromatic heterocycles. The van der Waals surface area contributed by atoms with Crippen LogP contribution in [0.25, 0.3) is 0 Å². The van der Waals surface area contributed by atoms with E-state index < -0.39 is 28.4 Å². The predicted octanol–water partition coefficient (Wildman–Crippen LogP) is 1.54. The molecule has 106 valence electrons. The molecule has 0 N–H and O–H groups in total. The topological polar surface area (TPSA) is 63.7 Å². The molecule has 0 fully saturated rings. The van der Waals surface area contributed by atoms with Crippen LogP contribution in [0.4, 0.5) is 10.1 Å². The molecular weight excluding hydrogens is 273 g/mol. The van der Waals surface area contributed by atoms with Gasteiger partial charge in [0.1, 0.15) is 12.4 Å². The van der Waals surface area contributed by atoms with E-state index in [1.807, 2.05) is 0 Å². The highest BCUT2D eigenvalue weighted by atomic mass is 32.2. The summed E-state index contributed by atoms with van der Waals surface area (Å²) in [4.78, 5) is 11.5. The standard InChI is InChI=1S/C12H16FNO4S/c1-9(2)18-12(15)8-14(19(3,16)17)11-6-4-5-10(13)7-11/h4-7,9H,8H2,1-3H3. The third kappa shape index (κ3) is 4.86. The van der Waals surface area contributed by atoms with E-state index in [9.17, 15) is 17.6 Å². The van der Waals surface area contributed by atoms with Gasteiger partial charge in [0, 0.05) is 0 Å². The van der Waals surface area contributed by atoms with Crippen LogP contribution in [0.2, 0.25) is 0 Å². The van der Waals surface area contributed by atoms with E-state index in [0.29, 0.717) is 0 Å². The van der Waals surface area contributed by atoms with Crippen molar-refractivity contribution in [2.45, 2.75) is 20.0 Å². The summed E-state index contributed by atoms with van der Waals surface area (Å²) in [5.74, 6) is -1.27. The lowest BCUT2D eigenvalue weighted by Gasteiger charge is -2.22. The zero-order chi connectivity index (χ0) is 14.6. The van der Waals surface area contributed by atoms with Crippen molar-refractivity contribution in [3.63, 3.8) is 0 Å². The van der Waals surface area contributed by atoms with Crippen molar-refractivity contribution >= 4 is 21.7 Å². The summed E-state index contributed by atoms with van der Waals surface area (Å²) >= 11 is 0. The Balaban J connectivity index is 3.01. The van der Waals surface area contributed by atoms with Gasteiger partial charge in [0.05, 0.1) is 18.0 Å². The first kappa shape index (κ1) is 15.4. The summed E-state index contributed by atoms with van der Waals surface area (Å²) < 4.78 is 42.1. The fraction of sp³-hybridized carbons (Fsp3) is 0.417. The maximum atomic E-state index is 13.1. The van der Waals surface area contributed by atoms with Gasteiger partial charge in [-0.15, -0.1) is 0 Å². The van der Waals surface area contributed by atoms with E-state index in [1.54, 1.807) is 13.8 Å². The summed E-state index contributed by atoms with van der Waals surface area (Å²) in [5.41, 5.74) is 0.0863. The molecule has 1 aromatic rings. The SMILES string of the molecule is CC(C)OC(=O)CN(c1cccc(F)c1)S(C)(=O)=O. The van der Waals surface area contributed by atoms with Gasteiger partial charge in [-0.3, -0.25) is 9.10 Å². The zero-order valence-electron chi connectivity index (χ0n) is 11.0. The van der Waals surface area contributed by atoms with Gasteiger partial charge < -0.3 is 4.74 Å². The van der Waals surface area contributed by atoms with Crippen LogP contribution in [0.15, 0.2) is 24.3 Å². The number of halogens is 1. The van der Waals surface area contributed by atoms with E-state index in [1.165, 1.54) is 18.2 Å². The number of hydrogen-bond acceptors (Lipinski definition) is 4. The first-order valence-corrected chi connectivity index (χ1v) is 7.47. The largest absolute Gasteiger partial charge is 0.462 e. The summed E-state index contributed by atoms with van der Waals surface area (Å²) in [6.45, 7) is 2.83. The third-order valence-corrected chi connectivity index (χ3v) is 3.28. The molecule has 1 aromatic carbocycles. The maximum absolute atomic E-state index is 13.1. The number of esters is 1. The molecule has 0 radical (unpaired) electrons. The average Bonchev–Trinajstić information content (AvgIpc) is 2.23. The van der Waals surface area contributed by atoms with Crippen molar-refractivity contribution in [1.82, 2.24) is 0 Å². The summed E-state index contributed by atoms with van der Waals surface area (Å²) in [7, 11) is -3.70. The fourth-order valence-electron chi connectivity index (χ4n) is 1.45. The van der Waals surface area contributed by atoms with Crippen LogP contribution in [0, 0.1) is 5.82 Å². The van der Waals surface area contributed by atoms with Gasteiger partial charge in [-0.1, -0.05) is 6.07 Å². The second-order valence-corrected chi connectivity index (χ2v) is 6.19. The number of hydrogen-bond donors (Lipinski definition) is 0. The number of rotatable bonds is 5. The van der Waals surface area contributed by atoms with Crippen LogP contribution in [-0.2, 0) is 19.6 Å². The number of ether oxygens (including phenoxy) is 1. The highest BCUT2D eigenvalue weighted by Gasteiger charge is 2.22. The third-order valence-electron chi connectivity index (χ3n) is 2.14. The Kier molecular flexibility index (Phi) is 4.88. The quantitative estimate of drug-likeness (QED) is 0.771. The number of carbonyl (C=O) groups is 1. The molecule has 19 heavy (non-hydrogen) atoms. The van der Waals surface area contributed by atoms with E-state index in [2.05, 4.69) is 0 Å². The second-order valence-electron chi connectivity index (χ2n) is 4.29. The molecule has 5 nitrogen and oxygen atoms in total. The van der Waals surface area contributed by atoms with Crippen molar-refractivity contribution in [2.24, 2.45) is 0 Å². The summed E-state index contributed by atoms with van der Waals surface area (Å²) in [6.07, 6.45) is 0.599. The van der Waals surface area contributed by atoms with Crippen LogP contribution >= 0.6 is 0 Å². The zero-order valence-corrected chi connectivity index (χ0v) is 11.8. The minimum absolute atomic E-state index is 0.0863. The number of anilines is 1. The minimum atomic E-state index is -3.70. The fourth-order valence-corrected chi connectivity index (χ4v) is 2.29. The molecular formula is C12H16FNO4S. The van der Waals surface area contributed by atoms with Gasteiger partial charge in [-0.05, 0) is 32.0 Å². The minimum Gasteiger partial charge on any atom is -0.462 e. The first-order valence-electron chi connectivity index (χ1n) is 5.63. The molecule has 0 bridgehead atoms. The second kappa shape index (κ2) is 6.01. The molecule has 0 unspecified atom stereocenters. The van der Waals surface area contributed by atoms with Gasteiger partial charge in [-0.2, -0.15) is 0 Å². The molecule has 0 saturated carbocycles. The molecule has 0 atom stereocenters. The first-order chi connectivity index (χ1) is 8.70. The van der Waals surface area contributed by atoms with Gasteiger partial charge >= 0.3 is 5.97 Å². The monoisotopic (exact) mass is 289 g/mol. The number of benzene rings is 1. The van der Waals surface area contributed by atoms with Crippen molar-refractivity contribution in [3.05, 3.63) is 30.1 Å². The highest BCUT2D eigenvalue weighted by Crippen LogP contribution is 2.18. The molecule has 0 saturated heterocycles. The van der Waals surface area contributed by atoms with Crippen LogP contribution in [0.5, 0.6) is 0 Å². The van der Waals surface area contributed by atoms with Crippen molar-refractivity contribution in [3.8, 4) is 0 Å². The number of carbonyl (C=O) groups excluding carboxylic acids is 1. The predicted molar refractivity (Wildman–Crippen MR) is 69.8 cm³/mol. The van der Waals surface area contributed by atoms with Gasteiger partial charge in [0.2, 0.25) is 10.0 Å². The lowest BCUT2D eigenvalue weighted by atomic mass is 10.3. The van der Waals surface area contributed by atoms with Crippen LogP contribution in [0.1, 0.15) is 13.8 Å². The van der Waals surface area contributed by atoms with Crippen LogP contribution in [-0.4, -0.2) is 33.3 Å². The van der Waals surface area contributed by atoms with Crippen LogP contribution in [0.3, 0.4) is 0 Å². The number of sulfonamides is 1.